The molecule has 0 aliphatic heterocycles. The molecule has 0 heteroatoms. The minimum absolute atomic E-state index is 1.21. The second kappa shape index (κ2) is 11.8. The summed E-state index contributed by atoms with van der Waals surface area (Å²) in [6.45, 7) is 0. The first-order valence-corrected chi connectivity index (χ1v) is 16.6. The summed E-state index contributed by atoms with van der Waals surface area (Å²) in [4.78, 5) is 0. The predicted molar refractivity (Wildman–Crippen MR) is 206 cm³/mol. The molecule has 0 saturated heterocycles. The molecule has 0 amide bonds. The summed E-state index contributed by atoms with van der Waals surface area (Å²) < 4.78 is 0. The summed E-state index contributed by atoms with van der Waals surface area (Å²) in [7, 11) is 0. The van der Waals surface area contributed by atoms with E-state index in [4.69, 9.17) is 0 Å². The lowest BCUT2D eigenvalue weighted by Gasteiger charge is -2.20. The van der Waals surface area contributed by atoms with E-state index in [0.717, 1.165) is 0 Å². The number of benzene rings is 9. The summed E-state index contributed by atoms with van der Waals surface area (Å²) in [6.07, 6.45) is 0. The third kappa shape index (κ3) is 4.70. The van der Waals surface area contributed by atoms with E-state index in [1.54, 1.807) is 0 Å². The predicted octanol–water partition coefficient (Wildman–Crippen LogP) is 13.5. The number of hydrogen-bond donors (Lipinski definition) is 0. The van der Waals surface area contributed by atoms with Crippen molar-refractivity contribution in [3.05, 3.63) is 194 Å². The van der Waals surface area contributed by atoms with Gasteiger partial charge in [-0.25, -0.2) is 0 Å². The van der Waals surface area contributed by atoms with E-state index in [2.05, 4.69) is 194 Å². The minimum atomic E-state index is 1.21. The van der Waals surface area contributed by atoms with Crippen LogP contribution in [0.1, 0.15) is 0 Å². The lowest BCUT2D eigenvalue weighted by molar-refractivity contribution is 1.61. The largest absolute Gasteiger partial charge is 0.0622 e. The van der Waals surface area contributed by atoms with Gasteiger partial charge in [0, 0.05) is 0 Å². The fraction of sp³-hybridized carbons (Fsp3) is 0. The molecule has 0 N–H and O–H groups in total. The zero-order chi connectivity index (χ0) is 31.9. The smallest absolute Gasteiger partial charge is 0.00206 e. The SMILES string of the molecule is c1ccc(-c2c3ccccc3c(-c3ccccc3)c3cc(-c4ccc(-c5ccccc5)c5c(-c6ccccc6)cccc45)ccc23)cc1. The molecule has 0 aromatic heterocycles. The normalized spacial score (nSPS) is 11.3. The molecule has 48 heavy (non-hydrogen) atoms. The van der Waals surface area contributed by atoms with Gasteiger partial charge in [0.1, 0.15) is 0 Å². The molecule has 0 atom stereocenters. The van der Waals surface area contributed by atoms with E-state index in [9.17, 15) is 0 Å². The molecule has 9 aromatic carbocycles. The first kappa shape index (κ1) is 28.0. The van der Waals surface area contributed by atoms with Crippen molar-refractivity contribution in [2.24, 2.45) is 0 Å². The van der Waals surface area contributed by atoms with Gasteiger partial charge >= 0.3 is 0 Å². The van der Waals surface area contributed by atoms with Crippen LogP contribution in [0.25, 0.3) is 88.0 Å². The van der Waals surface area contributed by atoms with Crippen LogP contribution in [0.4, 0.5) is 0 Å². The molecule has 0 radical (unpaired) electrons. The van der Waals surface area contributed by atoms with Crippen LogP contribution in [-0.2, 0) is 0 Å². The maximum Gasteiger partial charge on any atom is -0.00206 e. The highest BCUT2D eigenvalue weighted by atomic mass is 14.2. The molecule has 0 aliphatic carbocycles. The van der Waals surface area contributed by atoms with Crippen molar-refractivity contribution in [3.63, 3.8) is 0 Å². The summed E-state index contributed by atoms with van der Waals surface area (Å²) in [5.74, 6) is 0. The lowest BCUT2D eigenvalue weighted by Crippen LogP contribution is -1.93. The second-order valence-corrected chi connectivity index (χ2v) is 12.4. The average Bonchev–Trinajstić information content (AvgIpc) is 3.17. The average molecular weight is 609 g/mol. The summed E-state index contributed by atoms with van der Waals surface area (Å²) in [5.41, 5.74) is 12.4. The summed E-state index contributed by atoms with van der Waals surface area (Å²) >= 11 is 0. The van der Waals surface area contributed by atoms with Crippen LogP contribution in [0.3, 0.4) is 0 Å². The van der Waals surface area contributed by atoms with Gasteiger partial charge in [-0.05, 0) is 94.0 Å². The van der Waals surface area contributed by atoms with Gasteiger partial charge < -0.3 is 0 Å². The number of fused-ring (bicyclic) bond motifs is 3. The lowest BCUT2D eigenvalue weighted by atomic mass is 9.83. The minimum Gasteiger partial charge on any atom is -0.0622 e. The van der Waals surface area contributed by atoms with Crippen LogP contribution in [0.2, 0.25) is 0 Å². The Kier molecular flexibility index (Phi) is 6.91. The van der Waals surface area contributed by atoms with Gasteiger partial charge in [0.15, 0.2) is 0 Å². The van der Waals surface area contributed by atoms with Gasteiger partial charge in [-0.1, -0.05) is 188 Å². The third-order valence-electron chi connectivity index (χ3n) is 9.67. The number of hydrogen-bond acceptors (Lipinski definition) is 0. The van der Waals surface area contributed by atoms with Crippen molar-refractivity contribution >= 4 is 32.3 Å². The first-order valence-electron chi connectivity index (χ1n) is 16.6. The van der Waals surface area contributed by atoms with E-state index in [-0.39, 0.29) is 0 Å². The Labute approximate surface area is 281 Å². The van der Waals surface area contributed by atoms with E-state index < -0.39 is 0 Å². The van der Waals surface area contributed by atoms with Crippen molar-refractivity contribution in [1.29, 1.82) is 0 Å². The van der Waals surface area contributed by atoms with Gasteiger partial charge in [-0.15, -0.1) is 0 Å². The maximum absolute atomic E-state index is 2.43. The van der Waals surface area contributed by atoms with Crippen LogP contribution in [-0.4, -0.2) is 0 Å². The number of rotatable bonds is 5. The zero-order valence-corrected chi connectivity index (χ0v) is 26.5. The van der Waals surface area contributed by atoms with Crippen molar-refractivity contribution in [1.82, 2.24) is 0 Å². The van der Waals surface area contributed by atoms with Crippen molar-refractivity contribution in [3.8, 4) is 55.6 Å². The van der Waals surface area contributed by atoms with Crippen molar-refractivity contribution in [2.45, 2.75) is 0 Å². The Bertz CT molecular complexity index is 2520. The summed E-state index contributed by atoms with van der Waals surface area (Å²) in [5, 5.41) is 7.59. The molecule has 9 aromatic rings. The molecule has 0 unspecified atom stereocenters. The molecule has 0 saturated carbocycles. The Morgan fingerprint density at radius 2 is 0.625 bits per heavy atom. The maximum atomic E-state index is 2.43. The van der Waals surface area contributed by atoms with E-state index in [1.165, 1.54) is 88.0 Å². The molecule has 0 fully saturated rings. The summed E-state index contributed by atoms with van der Waals surface area (Å²) in [6, 6.07) is 70.7. The first-order chi connectivity index (χ1) is 23.8. The second-order valence-electron chi connectivity index (χ2n) is 12.4. The fourth-order valence-corrected chi connectivity index (χ4v) is 7.55. The molecular weight excluding hydrogens is 577 g/mol. The standard InChI is InChI=1S/C48H32/c1-5-16-33(17-6-1)39-26-15-27-41-38(30-31-40(48(39)41)34-18-7-2-8-19-34)37-28-29-44-45(32-37)47(36-22-11-4-12-23-36)43-25-14-13-24-42(43)46(44)35-20-9-3-10-21-35/h1-32H. The van der Waals surface area contributed by atoms with Crippen LogP contribution in [0.5, 0.6) is 0 Å². The Morgan fingerprint density at radius 1 is 0.208 bits per heavy atom. The zero-order valence-electron chi connectivity index (χ0n) is 26.5. The monoisotopic (exact) mass is 608 g/mol. The van der Waals surface area contributed by atoms with Crippen molar-refractivity contribution < 1.29 is 0 Å². The molecule has 0 bridgehead atoms. The van der Waals surface area contributed by atoms with E-state index >= 15 is 0 Å². The third-order valence-corrected chi connectivity index (χ3v) is 9.67. The molecule has 0 nitrogen and oxygen atoms in total. The molecule has 0 spiro atoms. The highest BCUT2D eigenvalue weighted by Gasteiger charge is 2.19. The van der Waals surface area contributed by atoms with Gasteiger partial charge in [0.05, 0.1) is 0 Å². The van der Waals surface area contributed by atoms with Crippen LogP contribution >= 0.6 is 0 Å². The molecule has 9 rings (SSSR count). The van der Waals surface area contributed by atoms with Crippen molar-refractivity contribution in [2.75, 3.05) is 0 Å². The fourth-order valence-electron chi connectivity index (χ4n) is 7.55. The highest BCUT2D eigenvalue weighted by Crippen LogP contribution is 2.46. The van der Waals surface area contributed by atoms with Gasteiger partial charge in [0.2, 0.25) is 0 Å². The van der Waals surface area contributed by atoms with Crippen LogP contribution in [0.15, 0.2) is 194 Å². The van der Waals surface area contributed by atoms with E-state index in [0.29, 0.717) is 0 Å². The molecule has 224 valence electrons. The van der Waals surface area contributed by atoms with Gasteiger partial charge in [-0.3, -0.25) is 0 Å². The molecule has 0 aliphatic rings. The highest BCUT2D eigenvalue weighted by molar-refractivity contribution is 6.22. The van der Waals surface area contributed by atoms with Crippen LogP contribution < -0.4 is 0 Å². The van der Waals surface area contributed by atoms with Gasteiger partial charge in [-0.2, -0.15) is 0 Å². The van der Waals surface area contributed by atoms with Gasteiger partial charge in [0.25, 0.3) is 0 Å². The Morgan fingerprint density at radius 3 is 1.19 bits per heavy atom. The Balaban J connectivity index is 1.38. The molecular formula is C48H32. The van der Waals surface area contributed by atoms with Crippen LogP contribution in [0, 0.1) is 0 Å². The quantitative estimate of drug-likeness (QED) is 0.171. The topological polar surface area (TPSA) is 0 Å². The Hall–Kier alpha value is -6.24. The van der Waals surface area contributed by atoms with E-state index in [1.807, 2.05) is 0 Å². The molecule has 0 heterocycles.